The molecule has 0 bridgehead atoms. The van der Waals surface area contributed by atoms with Gasteiger partial charge in [0, 0.05) is 35.1 Å². The van der Waals surface area contributed by atoms with Crippen LogP contribution in [0.2, 0.25) is 0 Å². The van der Waals surface area contributed by atoms with E-state index in [9.17, 15) is 22.8 Å². The van der Waals surface area contributed by atoms with Crippen molar-refractivity contribution in [2.24, 2.45) is 0 Å². The third-order valence-electron chi connectivity index (χ3n) is 4.92. The summed E-state index contributed by atoms with van der Waals surface area (Å²) in [7, 11) is 0. The van der Waals surface area contributed by atoms with Crippen LogP contribution in [-0.4, -0.2) is 18.5 Å². The number of carbonyl (C=O) groups is 2. The van der Waals surface area contributed by atoms with E-state index in [1.54, 1.807) is 18.2 Å². The van der Waals surface area contributed by atoms with Gasteiger partial charge in [-0.05, 0) is 42.7 Å². The number of hydrogen-bond donors (Lipinski definition) is 3. The van der Waals surface area contributed by atoms with Gasteiger partial charge in [-0.3, -0.25) is 4.79 Å². The average molecular weight is 417 g/mol. The minimum absolute atomic E-state index is 0.116. The Balaban J connectivity index is 1.61. The van der Waals surface area contributed by atoms with Crippen molar-refractivity contribution in [3.63, 3.8) is 0 Å². The second-order valence-electron chi connectivity index (χ2n) is 6.96. The standard InChI is InChI=1S/C21H18F3N3O3/c22-21(23,24)13-6-7-14-12(3-2-8-30-18(14)10-13)9-19(28)26-16-4-1-5-17-15(16)11-25-20(29)27-17/h1,4-7,9-10H,2-3,8,11H2,(H,26,28)(H2,25,27,29). The van der Waals surface area contributed by atoms with Crippen LogP contribution >= 0.6 is 0 Å². The molecule has 0 radical (unpaired) electrons. The first-order valence-electron chi connectivity index (χ1n) is 9.34. The molecule has 2 aliphatic heterocycles. The van der Waals surface area contributed by atoms with E-state index < -0.39 is 17.6 Å². The summed E-state index contributed by atoms with van der Waals surface area (Å²) in [5.74, 6) is -0.298. The summed E-state index contributed by atoms with van der Waals surface area (Å²) in [5, 5.41) is 8.11. The lowest BCUT2D eigenvalue weighted by Gasteiger charge is -2.21. The fourth-order valence-corrected chi connectivity index (χ4v) is 3.49. The number of urea groups is 1. The van der Waals surface area contributed by atoms with Crippen LogP contribution in [0, 0.1) is 0 Å². The smallest absolute Gasteiger partial charge is 0.416 e. The molecular weight excluding hydrogens is 399 g/mol. The molecular formula is C21H18F3N3O3. The number of anilines is 2. The second kappa shape index (κ2) is 7.74. The maximum Gasteiger partial charge on any atom is 0.416 e. The van der Waals surface area contributed by atoms with Crippen molar-refractivity contribution >= 4 is 28.9 Å². The highest BCUT2D eigenvalue weighted by atomic mass is 19.4. The Morgan fingerprint density at radius 1 is 1.20 bits per heavy atom. The van der Waals surface area contributed by atoms with Crippen molar-refractivity contribution in [3.8, 4) is 5.75 Å². The molecule has 3 amide bonds. The summed E-state index contributed by atoms with van der Waals surface area (Å²) < 4.78 is 44.5. The third-order valence-corrected chi connectivity index (χ3v) is 4.92. The van der Waals surface area contributed by atoms with Gasteiger partial charge in [0.1, 0.15) is 5.75 Å². The minimum Gasteiger partial charge on any atom is -0.493 e. The first-order valence-corrected chi connectivity index (χ1v) is 9.34. The Kier molecular flexibility index (Phi) is 5.11. The lowest BCUT2D eigenvalue weighted by atomic mass is 9.99. The van der Waals surface area contributed by atoms with Crippen LogP contribution in [-0.2, 0) is 17.5 Å². The zero-order chi connectivity index (χ0) is 21.3. The zero-order valence-corrected chi connectivity index (χ0v) is 15.7. The van der Waals surface area contributed by atoms with Gasteiger partial charge in [0.05, 0.1) is 12.2 Å². The van der Waals surface area contributed by atoms with Crippen molar-refractivity contribution in [2.75, 3.05) is 17.2 Å². The molecule has 0 aliphatic carbocycles. The molecule has 156 valence electrons. The Labute approximate surface area is 170 Å². The van der Waals surface area contributed by atoms with Crippen molar-refractivity contribution in [1.29, 1.82) is 0 Å². The molecule has 0 fully saturated rings. The molecule has 0 aromatic heterocycles. The summed E-state index contributed by atoms with van der Waals surface area (Å²) >= 11 is 0. The van der Waals surface area contributed by atoms with Gasteiger partial charge in [0.15, 0.2) is 0 Å². The molecule has 30 heavy (non-hydrogen) atoms. The van der Waals surface area contributed by atoms with Gasteiger partial charge in [0.25, 0.3) is 0 Å². The monoisotopic (exact) mass is 417 g/mol. The van der Waals surface area contributed by atoms with E-state index in [1.165, 1.54) is 12.1 Å². The SMILES string of the molecule is O=C(C=C1CCCOc2cc(C(F)(F)F)ccc21)Nc1cccc2c1CNC(=O)N2. The number of rotatable bonds is 2. The lowest BCUT2D eigenvalue weighted by Crippen LogP contribution is -2.34. The molecule has 3 N–H and O–H groups in total. The van der Waals surface area contributed by atoms with Gasteiger partial charge in [-0.1, -0.05) is 12.1 Å². The predicted molar refractivity (Wildman–Crippen MR) is 105 cm³/mol. The molecule has 2 heterocycles. The van der Waals surface area contributed by atoms with Crippen LogP contribution in [0.1, 0.15) is 29.5 Å². The van der Waals surface area contributed by atoms with Crippen LogP contribution in [0.4, 0.5) is 29.3 Å². The largest absolute Gasteiger partial charge is 0.493 e. The highest BCUT2D eigenvalue weighted by Gasteiger charge is 2.32. The second-order valence-corrected chi connectivity index (χ2v) is 6.96. The lowest BCUT2D eigenvalue weighted by molar-refractivity contribution is -0.137. The van der Waals surface area contributed by atoms with Gasteiger partial charge in [0.2, 0.25) is 5.91 Å². The van der Waals surface area contributed by atoms with Crippen LogP contribution in [0.25, 0.3) is 5.57 Å². The Morgan fingerprint density at radius 2 is 2.03 bits per heavy atom. The Hall–Kier alpha value is -3.49. The van der Waals surface area contributed by atoms with Gasteiger partial charge < -0.3 is 20.7 Å². The van der Waals surface area contributed by atoms with Crippen LogP contribution in [0.3, 0.4) is 0 Å². The van der Waals surface area contributed by atoms with E-state index in [2.05, 4.69) is 16.0 Å². The van der Waals surface area contributed by atoms with Crippen LogP contribution < -0.4 is 20.7 Å². The maximum absolute atomic E-state index is 13.0. The van der Waals surface area contributed by atoms with E-state index in [1.807, 2.05) is 0 Å². The zero-order valence-electron chi connectivity index (χ0n) is 15.7. The summed E-state index contributed by atoms with van der Waals surface area (Å²) in [6.45, 7) is 0.538. The third kappa shape index (κ3) is 4.10. The summed E-state index contributed by atoms with van der Waals surface area (Å²) in [5.41, 5.74) is 2.17. The molecule has 2 aliphatic rings. The molecule has 0 saturated carbocycles. The normalized spacial score (nSPS) is 17.0. The maximum atomic E-state index is 13.0. The fourth-order valence-electron chi connectivity index (χ4n) is 3.49. The summed E-state index contributed by atoms with van der Waals surface area (Å²) in [4.78, 5) is 24.1. The molecule has 4 rings (SSSR count). The number of nitrogens with one attached hydrogen (secondary N) is 3. The van der Waals surface area contributed by atoms with Gasteiger partial charge in [-0.15, -0.1) is 0 Å². The molecule has 2 aromatic rings. The van der Waals surface area contributed by atoms with E-state index in [-0.39, 0.29) is 24.9 Å². The van der Waals surface area contributed by atoms with E-state index >= 15 is 0 Å². The summed E-state index contributed by atoms with van der Waals surface area (Å²) in [6.07, 6.45) is -2.01. The number of alkyl halides is 3. The van der Waals surface area contributed by atoms with Crippen molar-refractivity contribution < 1.29 is 27.5 Å². The first kappa shape index (κ1) is 19.8. The molecule has 2 aromatic carbocycles. The number of benzene rings is 2. The topological polar surface area (TPSA) is 79.5 Å². The highest BCUT2D eigenvalue weighted by Crippen LogP contribution is 2.38. The molecule has 0 spiro atoms. The molecule has 0 saturated heterocycles. The molecule has 9 heteroatoms. The average Bonchev–Trinajstić information content (AvgIpc) is 2.89. The van der Waals surface area contributed by atoms with Crippen molar-refractivity contribution in [1.82, 2.24) is 5.32 Å². The quantitative estimate of drug-likeness (QED) is 0.628. The fraction of sp³-hybridized carbons (Fsp3) is 0.238. The number of ether oxygens (including phenoxy) is 1. The summed E-state index contributed by atoms with van der Waals surface area (Å²) in [6, 6.07) is 8.14. The van der Waals surface area contributed by atoms with E-state index in [4.69, 9.17) is 4.74 Å². The number of hydrogen-bond acceptors (Lipinski definition) is 3. The Morgan fingerprint density at radius 3 is 2.83 bits per heavy atom. The highest BCUT2D eigenvalue weighted by molar-refractivity contribution is 6.05. The number of carbonyl (C=O) groups excluding carboxylic acids is 2. The molecule has 0 unspecified atom stereocenters. The number of amides is 3. The van der Waals surface area contributed by atoms with Gasteiger partial charge in [-0.25, -0.2) is 4.79 Å². The van der Waals surface area contributed by atoms with E-state index in [0.29, 0.717) is 35.4 Å². The number of fused-ring (bicyclic) bond motifs is 2. The minimum atomic E-state index is -4.47. The molecule has 6 nitrogen and oxygen atoms in total. The van der Waals surface area contributed by atoms with Crippen LogP contribution in [0.5, 0.6) is 5.75 Å². The van der Waals surface area contributed by atoms with Gasteiger partial charge >= 0.3 is 12.2 Å². The van der Waals surface area contributed by atoms with Crippen LogP contribution in [0.15, 0.2) is 42.5 Å². The van der Waals surface area contributed by atoms with E-state index in [0.717, 1.165) is 17.7 Å². The van der Waals surface area contributed by atoms with Crippen molar-refractivity contribution in [3.05, 3.63) is 59.2 Å². The Bertz CT molecular complexity index is 1050. The molecule has 0 atom stereocenters. The predicted octanol–water partition coefficient (Wildman–Crippen LogP) is 4.54. The number of halogens is 3. The first-order chi connectivity index (χ1) is 14.3. The van der Waals surface area contributed by atoms with Crippen molar-refractivity contribution in [2.45, 2.75) is 25.6 Å². The number of allylic oxidation sites excluding steroid dienone is 1. The van der Waals surface area contributed by atoms with Gasteiger partial charge in [-0.2, -0.15) is 13.2 Å².